The first-order chi connectivity index (χ1) is 13.4. The molecule has 28 heavy (non-hydrogen) atoms. The molecule has 2 aliphatic rings. The molecular formula is C20H25FN4O3. The number of hydrogen-bond acceptors (Lipinski definition) is 6. The summed E-state index contributed by atoms with van der Waals surface area (Å²) in [5, 5.41) is 3.91. The molecule has 2 saturated heterocycles. The number of carbonyl (C=O) groups is 1. The van der Waals surface area contributed by atoms with Gasteiger partial charge in [-0.25, -0.2) is 4.39 Å². The van der Waals surface area contributed by atoms with Crippen LogP contribution in [0.4, 0.5) is 4.39 Å². The third-order valence-electron chi connectivity index (χ3n) is 5.92. The van der Waals surface area contributed by atoms with Crippen molar-refractivity contribution < 1.29 is 18.4 Å². The van der Waals surface area contributed by atoms with E-state index in [1.807, 2.05) is 11.8 Å². The number of likely N-dealkylation sites (tertiary alicyclic amines) is 2. The zero-order valence-electron chi connectivity index (χ0n) is 16.2. The number of rotatable bonds is 4. The largest absolute Gasteiger partial charge is 0.484 e. The Morgan fingerprint density at radius 1 is 1.32 bits per heavy atom. The minimum absolute atomic E-state index is 0.0254. The Labute approximate surface area is 163 Å². The van der Waals surface area contributed by atoms with Gasteiger partial charge in [0.05, 0.1) is 6.04 Å². The summed E-state index contributed by atoms with van der Waals surface area (Å²) in [6, 6.07) is 5.85. The summed E-state index contributed by atoms with van der Waals surface area (Å²) in [5.74, 6) is 1.48. The van der Waals surface area contributed by atoms with Crippen molar-refractivity contribution in [2.45, 2.75) is 32.2 Å². The molecule has 0 N–H and O–H groups in total. The normalized spacial score (nSPS) is 22.0. The van der Waals surface area contributed by atoms with E-state index in [4.69, 9.17) is 9.26 Å². The van der Waals surface area contributed by atoms with Crippen molar-refractivity contribution in [2.75, 3.05) is 33.3 Å². The Balaban J connectivity index is 1.30. The number of benzene rings is 1. The monoisotopic (exact) mass is 388 g/mol. The molecule has 8 heteroatoms. The number of piperidine rings is 1. The quantitative estimate of drug-likeness (QED) is 0.802. The molecule has 2 fully saturated rings. The van der Waals surface area contributed by atoms with Crippen molar-refractivity contribution in [3.8, 4) is 5.75 Å². The van der Waals surface area contributed by atoms with Gasteiger partial charge in [-0.3, -0.25) is 9.69 Å². The van der Waals surface area contributed by atoms with Gasteiger partial charge in [-0.05, 0) is 62.9 Å². The van der Waals surface area contributed by atoms with Crippen LogP contribution in [0.25, 0.3) is 0 Å². The fourth-order valence-electron chi connectivity index (χ4n) is 4.35. The second kappa shape index (κ2) is 7.50. The zero-order valence-corrected chi connectivity index (χ0v) is 16.2. The van der Waals surface area contributed by atoms with Crippen LogP contribution in [0.2, 0.25) is 0 Å². The van der Waals surface area contributed by atoms with Gasteiger partial charge in [0, 0.05) is 19.6 Å². The van der Waals surface area contributed by atoms with E-state index in [1.165, 1.54) is 24.3 Å². The number of aryl methyl sites for hydroxylation is 1. The first-order valence-corrected chi connectivity index (χ1v) is 9.61. The average molecular weight is 388 g/mol. The Hall–Kier alpha value is -2.48. The summed E-state index contributed by atoms with van der Waals surface area (Å²) in [5.41, 5.74) is 0.177. The Morgan fingerprint density at radius 3 is 2.68 bits per heavy atom. The fraction of sp³-hybridized carbons (Fsp3) is 0.550. The van der Waals surface area contributed by atoms with Crippen LogP contribution >= 0.6 is 0 Å². The van der Waals surface area contributed by atoms with Crippen LogP contribution in [-0.4, -0.2) is 59.1 Å². The second-order valence-corrected chi connectivity index (χ2v) is 7.94. The van der Waals surface area contributed by atoms with E-state index in [9.17, 15) is 9.18 Å². The number of hydrogen-bond donors (Lipinski definition) is 0. The van der Waals surface area contributed by atoms with E-state index >= 15 is 0 Å². The molecule has 1 aromatic carbocycles. The van der Waals surface area contributed by atoms with Gasteiger partial charge in [0.2, 0.25) is 5.89 Å². The lowest BCUT2D eigenvalue weighted by atomic mass is 9.76. The highest BCUT2D eigenvalue weighted by atomic mass is 19.1. The van der Waals surface area contributed by atoms with Crippen LogP contribution in [0.5, 0.6) is 5.75 Å². The summed E-state index contributed by atoms with van der Waals surface area (Å²) < 4.78 is 23.8. The smallest absolute Gasteiger partial charge is 0.260 e. The van der Waals surface area contributed by atoms with Crippen LogP contribution < -0.4 is 4.74 Å². The number of carbonyl (C=O) groups excluding carboxylic acids is 1. The predicted octanol–water partition coefficient (Wildman–Crippen LogP) is 2.58. The molecule has 0 aliphatic carbocycles. The molecule has 1 unspecified atom stereocenters. The van der Waals surface area contributed by atoms with E-state index in [2.05, 4.69) is 22.1 Å². The van der Waals surface area contributed by atoms with Gasteiger partial charge in [0.1, 0.15) is 11.6 Å². The molecule has 0 saturated carbocycles. The van der Waals surface area contributed by atoms with Gasteiger partial charge in [0.25, 0.3) is 5.91 Å². The van der Waals surface area contributed by atoms with Crippen molar-refractivity contribution in [3.63, 3.8) is 0 Å². The molecule has 1 spiro atoms. The maximum Gasteiger partial charge on any atom is 0.260 e. The lowest BCUT2D eigenvalue weighted by molar-refractivity contribution is -0.135. The Kier molecular flexibility index (Phi) is 5.05. The maximum absolute atomic E-state index is 12.9. The van der Waals surface area contributed by atoms with Crippen LogP contribution in [-0.2, 0) is 4.79 Å². The summed E-state index contributed by atoms with van der Waals surface area (Å²) >= 11 is 0. The lowest BCUT2D eigenvalue weighted by Crippen LogP contribution is -2.45. The van der Waals surface area contributed by atoms with E-state index in [0.717, 1.165) is 38.9 Å². The number of ether oxygens (including phenoxy) is 1. The molecule has 3 heterocycles. The third-order valence-corrected chi connectivity index (χ3v) is 5.92. The fourth-order valence-corrected chi connectivity index (χ4v) is 4.35. The van der Waals surface area contributed by atoms with Crippen molar-refractivity contribution in [3.05, 3.63) is 41.8 Å². The number of amides is 1. The number of halogens is 1. The minimum atomic E-state index is -0.324. The SMILES string of the molecule is Cc1noc(C2CC3(CCN(C(=O)COc4ccc(F)cc4)CC3)CN2C)n1. The molecular weight excluding hydrogens is 363 g/mol. The molecule has 2 aliphatic heterocycles. The average Bonchev–Trinajstić information content (AvgIpc) is 3.25. The molecule has 4 rings (SSSR count). The highest BCUT2D eigenvalue weighted by Gasteiger charge is 2.46. The first-order valence-electron chi connectivity index (χ1n) is 9.61. The zero-order chi connectivity index (χ0) is 19.7. The lowest BCUT2D eigenvalue weighted by Gasteiger charge is -2.39. The predicted molar refractivity (Wildman–Crippen MR) is 99.2 cm³/mol. The third kappa shape index (κ3) is 3.87. The summed E-state index contributed by atoms with van der Waals surface area (Å²) in [7, 11) is 2.09. The minimum Gasteiger partial charge on any atom is -0.484 e. The molecule has 0 radical (unpaired) electrons. The Bertz CT molecular complexity index is 830. The highest BCUT2D eigenvalue weighted by Crippen LogP contribution is 2.47. The van der Waals surface area contributed by atoms with Gasteiger partial charge < -0.3 is 14.2 Å². The van der Waals surface area contributed by atoms with Gasteiger partial charge in [-0.2, -0.15) is 4.98 Å². The Morgan fingerprint density at radius 2 is 2.04 bits per heavy atom. The standard InChI is InChI=1S/C20H25FN4O3/c1-14-22-19(28-23-14)17-11-20(13-24(17)2)7-9-25(10-8-20)18(26)12-27-16-5-3-15(21)4-6-16/h3-6,17H,7-13H2,1-2H3. The van der Waals surface area contributed by atoms with Crippen LogP contribution in [0.3, 0.4) is 0 Å². The second-order valence-electron chi connectivity index (χ2n) is 7.94. The van der Waals surface area contributed by atoms with Crippen LogP contribution in [0.15, 0.2) is 28.8 Å². The van der Waals surface area contributed by atoms with Crippen molar-refractivity contribution in [1.29, 1.82) is 0 Å². The van der Waals surface area contributed by atoms with E-state index in [1.54, 1.807) is 0 Å². The molecule has 150 valence electrons. The molecule has 1 amide bonds. The number of aromatic nitrogens is 2. The first kappa shape index (κ1) is 18.9. The van der Waals surface area contributed by atoms with Gasteiger partial charge in [-0.1, -0.05) is 5.16 Å². The summed E-state index contributed by atoms with van der Waals surface area (Å²) in [4.78, 5) is 21.0. The molecule has 2 aromatic rings. The van der Waals surface area contributed by atoms with Gasteiger partial charge >= 0.3 is 0 Å². The van der Waals surface area contributed by atoms with Crippen molar-refractivity contribution in [1.82, 2.24) is 19.9 Å². The van der Waals surface area contributed by atoms with Crippen molar-refractivity contribution in [2.24, 2.45) is 5.41 Å². The highest BCUT2D eigenvalue weighted by molar-refractivity contribution is 5.77. The molecule has 7 nitrogen and oxygen atoms in total. The topological polar surface area (TPSA) is 71.7 Å². The van der Waals surface area contributed by atoms with E-state index < -0.39 is 0 Å². The summed E-state index contributed by atoms with van der Waals surface area (Å²) in [6.45, 7) is 4.20. The van der Waals surface area contributed by atoms with E-state index in [-0.39, 0.29) is 29.8 Å². The van der Waals surface area contributed by atoms with Crippen LogP contribution in [0, 0.1) is 18.2 Å². The maximum atomic E-state index is 12.9. The van der Waals surface area contributed by atoms with Gasteiger partial charge in [0.15, 0.2) is 12.4 Å². The molecule has 1 aromatic heterocycles. The number of nitrogens with zero attached hydrogens (tertiary/aromatic N) is 4. The molecule has 1 atom stereocenters. The molecule has 0 bridgehead atoms. The summed E-state index contributed by atoms with van der Waals surface area (Å²) in [6.07, 6.45) is 2.87. The van der Waals surface area contributed by atoms with E-state index in [0.29, 0.717) is 17.5 Å². The van der Waals surface area contributed by atoms with Crippen LogP contribution in [0.1, 0.15) is 37.0 Å². The van der Waals surface area contributed by atoms with Crippen molar-refractivity contribution >= 4 is 5.91 Å². The van der Waals surface area contributed by atoms with Gasteiger partial charge in [-0.15, -0.1) is 0 Å².